The van der Waals surface area contributed by atoms with Crippen LogP contribution in [0, 0.1) is 5.92 Å². The third-order valence-electron chi connectivity index (χ3n) is 5.35. The number of likely N-dealkylation sites (tertiary alicyclic amines) is 1. The lowest BCUT2D eigenvalue weighted by molar-refractivity contribution is 0.205. The monoisotopic (exact) mass is 313 g/mol. The number of rotatable bonds is 3. The molecule has 0 spiro atoms. The topological polar surface area (TPSA) is 46.0 Å². The highest BCUT2D eigenvalue weighted by atomic mass is 15.2. The first-order chi connectivity index (χ1) is 11.3. The Labute approximate surface area is 138 Å². The number of aromatic nitrogens is 3. The predicted molar refractivity (Wildman–Crippen MR) is 92.6 cm³/mol. The molecule has 0 bridgehead atoms. The molecule has 4 rings (SSSR count). The number of hydrogen-bond acceptors (Lipinski definition) is 4. The lowest BCUT2D eigenvalue weighted by atomic mass is 9.94. The maximum atomic E-state index is 4.96. The normalized spacial score (nSPS) is 26.7. The van der Waals surface area contributed by atoms with E-state index in [1.807, 2.05) is 12.3 Å². The maximum absolute atomic E-state index is 4.96. The Balaban J connectivity index is 1.67. The van der Waals surface area contributed by atoms with Crippen LogP contribution in [-0.4, -0.2) is 52.7 Å². The van der Waals surface area contributed by atoms with Crippen molar-refractivity contribution in [1.29, 1.82) is 0 Å². The Hall–Kier alpha value is -1.46. The SMILES string of the molecule is CN1CCCC(Cc2nc3cccnc3n2C2CCCNC2)C1. The molecule has 0 aromatic carbocycles. The van der Waals surface area contributed by atoms with Crippen molar-refractivity contribution in [2.24, 2.45) is 5.92 Å². The van der Waals surface area contributed by atoms with Gasteiger partial charge in [-0.3, -0.25) is 0 Å². The molecule has 0 amide bonds. The molecule has 2 fully saturated rings. The zero-order valence-corrected chi connectivity index (χ0v) is 14.0. The van der Waals surface area contributed by atoms with E-state index in [1.165, 1.54) is 44.6 Å². The summed E-state index contributed by atoms with van der Waals surface area (Å²) in [7, 11) is 2.24. The summed E-state index contributed by atoms with van der Waals surface area (Å²) < 4.78 is 2.44. The van der Waals surface area contributed by atoms with Gasteiger partial charge in [0.25, 0.3) is 0 Å². The molecule has 0 radical (unpaired) electrons. The van der Waals surface area contributed by atoms with Gasteiger partial charge in [-0.05, 0) is 63.9 Å². The summed E-state index contributed by atoms with van der Waals surface area (Å²) >= 11 is 0. The maximum Gasteiger partial charge on any atom is 0.160 e. The van der Waals surface area contributed by atoms with Crippen molar-refractivity contribution in [2.75, 3.05) is 33.2 Å². The van der Waals surface area contributed by atoms with Gasteiger partial charge in [-0.15, -0.1) is 0 Å². The van der Waals surface area contributed by atoms with E-state index in [1.54, 1.807) is 0 Å². The number of nitrogens with one attached hydrogen (secondary N) is 1. The molecule has 2 unspecified atom stereocenters. The fourth-order valence-corrected chi connectivity index (χ4v) is 4.26. The smallest absolute Gasteiger partial charge is 0.160 e. The van der Waals surface area contributed by atoms with Crippen molar-refractivity contribution in [3.8, 4) is 0 Å². The standard InChI is InChI=1S/C18H27N5/c1-22-10-4-5-14(13-22)11-17-21-16-7-3-9-20-18(16)23(17)15-6-2-8-19-12-15/h3,7,9,14-15,19H,2,4-6,8,10-13H2,1H3. The largest absolute Gasteiger partial charge is 0.315 e. The highest BCUT2D eigenvalue weighted by Crippen LogP contribution is 2.27. The van der Waals surface area contributed by atoms with Crippen molar-refractivity contribution in [3.63, 3.8) is 0 Å². The summed E-state index contributed by atoms with van der Waals surface area (Å²) in [5, 5.41) is 3.54. The fourth-order valence-electron chi connectivity index (χ4n) is 4.26. The second kappa shape index (κ2) is 6.57. The summed E-state index contributed by atoms with van der Waals surface area (Å²) in [4.78, 5) is 12.1. The molecule has 1 N–H and O–H groups in total. The molecular weight excluding hydrogens is 286 g/mol. The number of nitrogens with zero attached hydrogens (tertiary/aromatic N) is 4. The molecule has 2 aromatic rings. The highest BCUT2D eigenvalue weighted by Gasteiger charge is 2.25. The Morgan fingerprint density at radius 3 is 3.09 bits per heavy atom. The third-order valence-corrected chi connectivity index (χ3v) is 5.35. The van der Waals surface area contributed by atoms with E-state index >= 15 is 0 Å². The molecule has 0 aliphatic carbocycles. The van der Waals surface area contributed by atoms with E-state index in [9.17, 15) is 0 Å². The second-order valence-electron chi connectivity index (χ2n) is 7.22. The van der Waals surface area contributed by atoms with Crippen molar-refractivity contribution >= 4 is 11.2 Å². The summed E-state index contributed by atoms with van der Waals surface area (Å²) in [5.41, 5.74) is 2.12. The van der Waals surface area contributed by atoms with Gasteiger partial charge in [0.2, 0.25) is 0 Å². The van der Waals surface area contributed by atoms with Gasteiger partial charge in [0.05, 0.1) is 0 Å². The van der Waals surface area contributed by atoms with Gasteiger partial charge in [-0.1, -0.05) is 0 Å². The molecule has 5 heteroatoms. The van der Waals surface area contributed by atoms with Gasteiger partial charge in [0.15, 0.2) is 5.65 Å². The van der Waals surface area contributed by atoms with Crippen LogP contribution >= 0.6 is 0 Å². The summed E-state index contributed by atoms with van der Waals surface area (Å²) in [6.45, 7) is 4.61. The summed E-state index contributed by atoms with van der Waals surface area (Å²) in [6, 6.07) is 4.60. The average Bonchev–Trinajstić information content (AvgIpc) is 2.93. The van der Waals surface area contributed by atoms with Crippen LogP contribution in [-0.2, 0) is 6.42 Å². The zero-order valence-electron chi connectivity index (χ0n) is 14.0. The van der Waals surface area contributed by atoms with Crippen LogP contribution in [0.25, 0.3) is 11.2 Å². The molecule has 23 heavy (non-hydrogen) atoms. The van der Waals surface area contributed by atoms with Crippen LogP contribution in [0.5, 0.6) is 0 Å². The molecular formula is C18H27N5. The van der Waals surface area contributed by atoms with Crippen LogP contribution in [0.2, 0.25) is 0 Å². The van der Waals surface area contributed by atoms with Gasteiger partial charge in [-0.25, -0.2) is 9.97 Å². The first-order valence-corrected chi connectivity index (χ1v) is 9.02. The van der Waals surface area contributed by atoms with Crippen molar-refractivity contribution in [3.05, 3.63) is 24.2 Å². The second-order valence-corrected chi connectivity index (χ2v) is 7.22. The van der Waals surface area contributed by atoms with E-state index in [0.717, 1.165) is 36.6 Å². The number of fused-ring (bicyclic) bond motifs is 1. The molecule has 2 saturated heterocycles. The van der Waals surface area contributed by atoms with Crippen molar-refractivity contribution < 1.29 is 0 Å². The quantitative estimate of drug-likeness (QED) is 0.944. The number of pyridine rings is 1. The van der Waals surface area contributed by atoms with Crippen LogP contribution in [0.4, 0.5) is 0 Å². The van der Waals surface area contributed by atoms with Gasteiger partial charge in [0, 0.05) is 31.7 Å². The minimum atomic E-state index is 0.500. The molecule has 2 aromatic heterocycles. The Morgan fingerprint density at radius 2 is 2.26 bits per heavy atom. The molecule has 2 aliphatic heterocycles. The van der Waals surface area contributed by atoms with Gasteiger partial charge in [0.1, 0.15) is 11.3 Å². The third kappa shape index (κ3) is 3.12. The molecule has 0 saturated carbocycles. The highest BCUT2D eigenvalue weighted by molar-refractivity contribution is 5.71. The van der Waals surface area contributed by atoms with Gasteiger partial charge in [-0.2, -0.15) is 0 Å². The predicted octanol–water partition coefficient (Wildman–Crippen LogP) is 2.24. The van der Waals surface area contributed by atoms with Crippen molar-refractivity contribution in [2.45, 2.75) is 38.1 Å². The van der Waals surface area contributed by atoms with Crippen LogP contribution in [0.1, 0.15) is 37.5 Å². The fraction of sp³-hybridized carbons (Fsp3) is 0.667. The summed E-state index contributed by atoms with van der Waals surface area (Å²) in [5.74, 6) is 1.97. The van der Waals surface area contributed by atoms with E-state index in [-0.39, 0.29) is 0 Å². The summed E-state index contributed by atoms with van der Waals surface area (Å²) in [6.07, 6.45) is 8.08. The van der Waals surface area contributed by atoms with Crippen LogP contribution in [0.3, 0.4) is 0 Å². The van der Waals surface area contributed by atoms with E-state index in [4.69, 9.17) is 4.98 Å². The Kier molecular flexibility index (Phi) is 4.31. The lowest BCUT2D eigenvalue weighted by Crippen LogP contribution is -2.35. The van der Waals surface area contributed by atoms with Crippen molar-refractivity contribution in [1.82, 2.24) is 24.8 Å². The number of hydrogen-bond donors (Lipinski definition) is 1. The number of piperidine rings is 2. The van der Waals surface area contributed by atoms with Crippen LogP contribution in [0.15, 0.2) is 18.3 Å². The zero-order chi connectivity index (χ0) is 15.6. The Morgan fingerprint density at radius 1 is 1.30 bits per heavy atom. The van der Waals surface area contributed by atoms with Crippen LogP contribution < -0.4 is 5.32 Å². The molecule has 5 nitrogen and oxygen atoms in total. The minimum absolute atomic E-state index is 0.500. The average molecular weight is 313 g/mol. The first-order valence-electron chi connectivity index (χ1n) is 9.02. The number of imidazole rings is 1. The van der Waals surface area contributed by atoms with Gasteiger partial charge < -0.3 is 14.8 Å². The lowest BCUT2D eigenvalue weighted by Gasteiger charge is -2.31. The molecule has 2 atom stereocenters. The van der Waals surface area contributed by atoms with E-state index < -0.39 is 0 Å². The molecule has 2 aliphatic rings. The molecule has 4 heterocycles. The van der Waals surface area contributed by atoms with E-state index in [0.29, 0.717) is 6.04 Å². The minimum Gasteiger partial charge on any atom is -0.315 e. The Bertz CT molecular complexity index is 658. The van der Waals surface area contributed by atoms with Gasteiger partial charge >= 0.3 is 0 Å². The van der Waals surface area contributed by atoms with E-state index in [2.05, 4.69) is 32.9 Å². The first kappa shape index (κ1) is 15.1. The molecule has 124 valence electrons.